The SMILES string of the molecule is CCCCN(C)S(=O)(=O)NC(C)CCO. The average Bonchev–Trinajstić information content (AvgIpc) is 2.13. The maximum absolute atomic E-state index is 11.7. The van der Waals surface area contributed by atoms with Gasteiger partial charge in [0.1, 0.15) is 0 Å². The van der Waals surface area contributed by atoms with Gasteiger partial charge in [-0.15, -0.1) is 0 Å². The van der Waals surface area contributed by atoms with Gasteiger partial charge in [0.15, 0.2) is 0 Å². The minimum atomic E-state index is -3.38. The Labute approximate surface area is 92.7 Å². The van der Waals surface area contributed by atoms with Gasteiger partial charge in [0.05, 0.1) is 0 Å². The zero-order valence-corrected chi connectivity index (χ0v) is 10.5. The van der Waals surface area contributed by atoms with E-state index in [2.05, 4.69) is 4.72 Å². The average molecular weight is 238 g/mol. The Morgan fingerprint density at radius 2 is 2.07 bits per heavy atom. The third-order valence-corrected chi connectivity index (χ3v) is 3.85. The van der Waals surface area contributed by atoms with Crippen molar-refractivity contribution in [3.05, 3.63) is 0 Å². The maximum atomic E-state index is 11.7. The number of rotatable bonds is 8. The molecule has 1 atom stereocenters. The zero-order valence-electron chi connectivity index (χ0n) is 9.73. The fourth-order valence-corrected chi connectivity index (χ4v) is 2.27. The van der Waals surface area contributed by atoms with Crippen LogP contribution in [0.1, 0.15) is 33.1 Å². The van der Waals surface area contributed by atoms with Crippen LogP contribution in [0.2, 0.25) is 0 Å². The predicted molar refractivity (Wildman–Crippen MR) is 60.8 cm³/mol. The third-order valence-electron chi connectivity index (χ3n) is 2.15. The first-order valence-corrected chi connectivity index (χ1v) is 6.72. The topological polar surface area (TPSA) is 69.6 Å². The molecule has 1 unspecified atom stereocenters. The summed E-state index contributed by atoms with van der Waals surface area (Å²) in [6.45, 7) is 4.27. The van der Waals surface area contributed by atoms with Crippen LogP contribution in [-0.4, -0.2) is 44.1 Å². The number of hydrogen-bond acceptors (Lipinski definition) is 3. The summed E-state index contributed by atoms with van der Waals surface area (Å²) in [4.78, 5) is 0. The molecule has 0 saturated carbocycles. The fourth-order valence-electron chi connectivity index (χ4n) is 1.10. The lowest BCUT2D eigenvalue weighted by molar-refractivity contribution is 0.274. The molecule has 0 saturated heterocycles. The Bertz CT molecular complexity index is 254. The Morgan fingerprint density at radius 1 is 1.47 bits per heavy atom. The highest BCUT2D eigenvalue weighted by Gasteiger charge is 2.18. The van der Waals surface area contributed by atoms with Gasteiger partial charge >= 0.3 is 0 Å². The van der Waals surface area contributed by atoms with E-state index in [4.69, 9.17) is 5.11 Å². The first-order chi connectivity index (χ1) is 6.94. The molecule has 0 fully saturated rings. The summed E-state index contributed by atoms with van der Waals surface area (Å²) in [5.41, 5.74) is 0. The molecule has 0 heterocycles. The standard InChI is InChI=1S/C9H22N2O3S/c1-4-5-7-11(3)15(13,14)10-9(2)6-8-12/h9-10,12H,4-8H2,1-3H3. The van der Waals surface area contributed by atoms with E-state index in [1.165, 1.54) is 4.31 Å². The Hall–Kier alpha value is -0.170. The summed E-state index contributed by atoms with van der Waals surface area (Å²) in [5, 5.41) is 8.67. The summed E-state index contributed by atoms with van der Waals surface area (Å²) in [5.74, 6) is 0. The van der Waals surface area contributed by atoms with Crippen LogP contribution in [0.3, 0.4) is 0 Å². The van der Waals surface area contributed by atoms with Gasteiger partial charge in [-0.2, -0.15) is 17.4 Å². The second-order valence-corrected chi connectivity index (χ2v) is 5.52. The first-order valence-electron chi connectivity index (χ1n) is 5.28. The highest BCUT2D eigenvalue weighted by atomic mass is 32.2. The molecule has 0 aromatic carbocycles. The third kappa shape index (κ3) is 6.09. The molecule has 6 heteroatoms. The van der Waals surface area contributed by atoms with Crippen molar-refractivity contribution < 1.29 is 13.5 Å². The molecule has 0 aliphatic heterocycles. The van der Waals surface area contributed by atoms with Crippen molar-refractivity contribution in [2.75, 3.05) is 20.2 Å². The van der Waals surface area contributed by atoms with Crippen molar-refractivity contribution in [3.63, 3.8) is 0 Å². The first kappa shape index (κ1) is 14.8. The van der Waals surface area contributed by atoms with Gasteiger partial charge in [-0.3, -0.25) is 0 Å². The molecular weight excluding hydrogens is 216 g/mol. The quantitative estimate of drug-likeness (QED) is 0.640. The van der Waals surface area contributed by atoms with E-state index >= 15 is 0 Å². The van der Waals surface area contributed by atoms with E-state index in [1.54, 1.807) is 14.0 Å². The number of hydrogen-bond donors (Lipinski definition) is 2. The van der Waals surface area contributed by atoms with Gasteiger partial charge in [-0.25, -0.2) is 0 Å². The lowest BCUT2D eigenvalue weighted by Gasteiger charge is -2.20. The highest BCUT2D eigenvalue weighted by molar-refractivity contribution is 7.87. The van der Waals surface area contributed by atoms with Gasteiger partial charge in [0.2, 0.25) is 0 Å². The summed E-state index contributed by atoms with van der Waals surface area (Å²) >= 11 is 0. The van der Waals surface area contributed by atoms with E-state index in [0.29, 0.717) is 13.0 Å². The molecule has 15 heavy (non-hydrogen) atoms. The van der Waals surface area contributed by atoms with Crippen molar-refractivity contribution in [2.24, 2.45) is 0 Å². The normalized spacial score (nSPS) is 14.5. The van der Waals surface area contributed by atoms with E-state index in [9.17, 15) is 8.42 Å². The molecule has 0 aromatic heterocycles. The van der Waals surface area contributed by atoms with Crippen LogP contribution >= 0.6 is 0 Å². The van der Waals surface area contributed by atoms with Gasteiger partial charge in [0, 0.05) is 26.2 Å². The van der Waals surface area contributed by atoms with E-state index in [1.807, 2.05) is 6.92 Å². The highest BCUT2D eigenvalue weighted by Crippen LogP contribution is 2.00. The molecule has 2 N–H and O–H groups in total. The number of unbranched alkanes of at least 4 members (excludes halogenated alkanes) is 1. The molecule has 0 aliphatic carbocycles. The van der Waals surface area contributed by atoms with Crippen LogP contribution < -0.4 is 4.72 Å². The molecule has 0 spiro atoms. The molecule has 0 amide bonds. The molecule has 0 radical (unpaired) electrons. The van der Waals surface area contributed by atoms with E-state index in [-0.39, 0.29) is 12.6 Å². The maximum Gasteiger partial charge on any atom is 0.279 e. The van der Waals surface area contributed by atoms with Crippen LogP contribution in [0, 0.1) is 0 Å². The largest absolute Gasteiger partial charge is 0.396 e. The molecular formula is C9H22N2O3S. The van der Waals surface area contributed by atoms with Crippen molar-refractivity contribution in [1.29, 1.82) is 0 Å². The fraction of sp³-hybridized carbons (Fsp3) is 1.00. The van der Waals surface area contributed by atoms with E-state index in [0.717, 1.165) is 12.8 Å². The summed E-state index contributed by atoms with van der Waals surface area (Å²) < 4.78 is 27.1. The Kier molecular flexibility index (Phi) is 7.08. The summed E-state index contributed by atoms with van der Waals surface area (Å²) in [7, 11) is -1.82. The number of aliphatic hydroxyl groups is 1. The molecule has 0 aliphatic rings. The molecule has 0 aromatic rings. The second-order valence-electron chi connectivity index (χ2n) is 3.71. The van der Waals surface area contributed by atoms with Crippen LogP contribution in [0.25, 0.3) is 0 Å². The summed E-state index contributed by atoms with van der Waals surface area (Å²) in [6.07, 6.45) is 2.25. The van der Waals surface area contributed by atoms with Crippen LogP contribution in [0.15, 0.2) is 0 Å². The van der Waals surface area contributed by atoms with Crippen LogP contribution in [0.4, 0.5) is 0 Å². The van der Waals surface area contributed by atoms with Crippen molar-refractivity contribution in [2.45, 2.75) is 39.2 Å². The van der Waals surface area contributed by atoms with Gasteiger partial charge in [-0.05, 0) is 19.8 Å². The number of nitrogens with one attached hydrogen (secondary N) is 1. The van der Waals surface area contributed by atoms with Gasteiger partial charge in [0.25, 0.3) is 10.2 Å². The zero-order chi connectivity index (χ0) is 11.9. The monoisotopic (exact) mass is 238 g/mol. The summed E-state index contributed by atoms with van der Waals surface area (Å²) in [6, 6.07) is -0.232. The van der Waals surface area contributed by atoms with Crippen molar-refractivity contribution in [1.82, 2.24) is 9.03 Å². The lowest BCUT2D eigenvalue weighted by Crippen LogP contribution is -2.43. The van der Waals surface area contributed by atoms with Gasteiger partial charge in [-0.1, -0.05) is 13.3 Å². The molecule has 92 valence electrons. The number of aliphatic hydroxyl groups excluding tert-OH is 1. The molecule has 0 bridgehead atoms. The second kappa shape index (κ2) is 7.16. The Balaban J connectivity index is 4.16. The van der Waals surface area contributed by atoms with Crippen molar-refractivity contribution >= 4 is 10.2 Å². The lowest BCUT2D eigenvalue weighted by atomic mass is 10.3. The van der Waals surface area contributed by atoms with E-state index < -0.39 is 10.2 Å². The molecule has 5 nitrogen and oxygen atoms in total. The van der Waals surface area contributed by atoms with Crippen molar-refractivity contribution in [3.8, 4) is 0 Å². The minimum absolute atomic E-state index is 0.0115. The minimum Gasteiger partial charge on any atom is -0.396 e. The van der Waals surface area contributed by atoms with Crippen LogP contribution in [-0.2, 0) is 10.2 Å². The van der Waals surface area contributed by atoms with Crippen LogP contribution in [0.5, 0.6) is 0 Å². The predicted octanol–water partition coefficient (Wildman–Crippen LogP) is 0.324. The smallest absolute Gasteiger partial charge is 0.279 e. The number of nitrogens with zero attached hydrogens (tertiary/aromatic N) is 1. The van der Waals surface area contributed by atoms with Gasteiger partial charge < -0.3 is 5.11 Å². The molecule has 0 rings (SSSR count). The Morgan fingerprint density at radius 3 is 2.53 bits per heavy atom.